The second kappa shape index (κ2) is 4.57. The van der Waals surface area contributed by atoms with Crippen LogP contribution in [0.3, 0.4) is 0 Å². The van der Waals surface area contributed by atoms with Crippen LogP contribution in [0.2, 0.25) is 0 Å². The number of fused-ring (bicyclic) bond motifs is 1. The summed E-state index contributed by atoms with van der Waals surface area (Å²) >= 11 is 0. The van der Waals surface area contributed by atoms with Gasteiger partial charge in [0.05, 0.1) is 10.8 Å². The topological polar surface area (TPSA) is 91.7 Å². The Balaban J connectivity index is 3.10. The first kappa shape index (κ1) is 13.4. The zero-order chi connectivity index (χ0) is 14.3. The zero-order valence-electron chi connectivity index (χ0n) is 11.6. The van der Waals surface area contributed by atoms with Crippen molar-refractivity contribution in [1.29, 1.82) is 0 Å². The van der Waals surface area contributed by atoms with Gasteiger partial charge in [0.25, 0.3) is 11.1 Å². The number of rotatable bonds is 2. The SMILES string of the molecule is CC(C)c1cc(C(C)C)c2c(=O)[nH][nH]c(=O)c2c1N. The number of anilines is 1. The maximum Gasteiger partial charge on any atom is 0.272 e. The van der Waals surface area contributed by atoms with Gasteiger partial charge in [0, 0.05) is 5.69 Å². The first-order valence-electron chi connectivity index (χ1n) is 6.41. The number of aromatic amines is 2. The molecule has 0 amide bonds. The Morgan fingerprint density at radius 3 is 1.84 bits per heavy atom. The van der Waals surface area contributed by atoms with Crippen LogP contribution in [-0.4, -0.2) is 10.2 Å². The molecule has 5 nitrogen and oxygen atoms in total. The molecular formula is C14H19N3O2. The van der Waals surface area contributed by atoms with Crippen molar-refractivity contribution in [2.45, 2.75) is 39.5 Å². The molecule has 0 aliphatic heterocycles. The summed E-state index contributed by atoms with van der Waals surface area (Å²) < 4.78 is 0. The molecule has 0 aliphatic rings. The summed E-state index contributed by atoms with van der Waals surface area (Å²) in [6.07, 6.45) is 0. The van der Waals surface area contributed by atoms with Gasteiger partial charge >= 0.3 is 0 Å². The van der Waals surface area contributed by atoms with Crippen molar-refractivity contribution in [3.63, 3.8) is 0 Å². The minimum absolute atomic E-state index is 0.142. The zero-order valence-corrected chi connectivity index (χ0v) is 11.6. The van der Waals surface area contributed by atoms with E-state index in [2.05, 4.69) is 10.2 Å². The number of nitrogens with one attached hydrogen (secondary N) is 2. The summed E-state index contributed by atoms with van der Waals surface area (Å²) in [4.78, 5) is 24.0. The lowest BCUT2D eigenvalue weighted by atomic mass is 9.90. The second-order valence-corrected chi connectivity index (χ2v) is 5.44. The van der Waals surface area contributed by atoms with Crippen LogP contribution in [0.5, 0.6) is 0 Å². The van der Waals surface area contributed by atoms with Crippen molar-refractivity contribution < 1.29 is 0 Å². The Morgan fingerprint density at radius 2 is 1.37 bits per heavy atom. The lowest BCUT2D eigenvalue weighted by Gasteiger charge is -2.17. The highest BCUT2D eigenvalue weighted by Gasteiger charge is 2.18. The van der Waals surface area contributed by atoms with Crippen molar-refractivity contribution in [2.24, 2.45) is 0 Å². The van der Waals surface area contributed by atoms with Crippen LogP contribution in [0.25, 0.3) is 10.8 Å². The van der Waals surface area contributed by atoms with Gasteiger partial charge in [-0.2, -0.15) is 0 Å². The molecule has 5 heteroatoms. The van der Waals surface area contributed by atoms with Gasteiger partial charge in [-0.3, -0.25) is 19.8 Å². The molecule has 4 N–H and O–H groups in total. The Kier molecular flexibility index (Phi) is 3.22. The molecule has 0 spiro atoms. The number of H-pyrrole nitrogens is 2. The van der Waals surface area contributed by atoms with E-state index < -0.39 is 0 Å². The quantitative estimate of drug-likeness (QED) is 0.722. The molecule has 0 unspecified atom stereocenters. The fraction of sp³-hybridized carbons (Fsp3) is 0.429. The van der Waals surface area contributed by atoms with E-state index in [9.17, 15) is 9.59 Å². The van der Waals surface area contributed by atoms with Crippen molar-refractivity contribution in [2.75, 3.05) is 5.73 Å². The van der Waals surface area contributed by atoms with Crippen molar-refractivity contribution in [3.8, 4) is 0 Å². The van der Waals surface area contributed by atoms with E-state index in [0.29, 0.717) is 16.5 Å². The first-order valence-corrected chi connectivity index (χ1v) is 6.41. The molecule has 1 heterocycles. The van der Waals surface area contributed by atoms with Crippen LogP contribution in [0.15, 0.2) is 15.7 Å². The summed E-state index contributed by atoms with van der Waals surface area (Å²) in [5.41, 5.74) is 7.61. The molecule has 19 heavy (non-hydrogen) atoms. The van der Waals surface area contributed by atoms with Crippen LogP contribution in [-0.2, 0) is 0 Å². The van der Waals surface area contributed by atoms with E-state index in [1.807, 2.05) is 33.8 Å². The molecule has 0 bridgehead atoms. The highest BCUT2D eigenvalue weighted by atomic mass is 16.1. The van der Waals surface area contributed by atoms with Gasteiger partial charge in [0.2, 0.25) is 0 Å². The lowest BCUT2D eigenvalue weighted by Crippen LogP contribution is -2.22. The Labute approximate surface area is 110 Å². The summed E-state index contributed by atoms with van der Waals surface area (Å²) in [6, 6.07) is 1.95. The van der Waals surface area contributed by atoms with Crippen molar-refractivity contribution in [1.82, 2.24) is 10.2 Å². The normalized spacial score (nSPS) is 11.7. The maximum absolute atomic E-state index is 12.0. The third-order valence-corrected chi connectivity index (χ3v) is 3.42. The van der Waals surface area contributed by atoms with Crippen LogP contribution in [0.1, 0.15) is 50.7 Å². The highest BCUT2D eigenvalue weighted by Crippen LogP contribution is 2.32. The molecule has 1 aromatic carbocycles. The Morgan fingerprint density at radius 1 is 0.895 bits per heavy atom. The molecule has 2 rings (SSSR count). The summed E-state index contributed by atoms with van der Waals surface area (Å²) in [5.74, 6) is 0.337. The molecule has 0 radical (unpaired) electrons. The van der Waals surface area contributed by atoms with Gasteiger partial charge in [0.15, 0.2) is 0 Å². The molecule has 0 saturated heterocycles. The van der Waals surface area contributed by atoms with Crippen molar-refractivity contribution in [3.05, 3.63) is 37.9 Å². The molecular weight excluding hydrogens is 242 g/mol. The third-order valence-electron chi connectivity index (χ3n) is 3.42. The predicted molar refractivity (Wildman–Crippen MR) is 77.8 cm³/mol. The molecule has 102 valence electrons. The number of nitrogens with two attached hydrogens (primary N) is 1. The number of hydrogen-bond acceptors (Lipinski definition) is 3. The van der Waals surface area contributed by atoms with Gasteiger partial charge in [-0.25, -0.2) is 0 Å². The molecule has 0 atom stereocenters. The van der Waals surface area contributed by atoms with Crippen LogP contribution in [0.4, 0.5) is 5.69 Å². The highest BCUT2D eigenvalue weighted by molar-refractivity contribution is 5.95. The van der Waals surface area contributed by atoms with Gasteiger partial charge in [0.1, 0.15) is 0 Å². The Bertz CT molecular complexity index is 739. The van der Waals surface area contributed by atoms with Gasteiger partial charge in [-0.05, 0) is 23.0 Å². The minimum Gasteiger partial charge on any atom is -0.398 e. The van der Waals surface area contributed by atoms with E-state index in [-0.39, 0.29) is 23.0 Å². The predicted octanol–water partition coefficient (Wildman–Crippen LogP) is 2.05. The monoisotopic (exact) mass is 261 g/mol. The average Bonchev–Trinajstić information content (AvgIpc) is 2.32. The van der Waals surface area contributed by atoms with E-state index in [4.69, 9.17) is 5.73 Å². The smallest absolute Gasteiger partial charge is 0.272 e. The summed E-state index contributed by atoms with van der Waals surface area (Å²) in [7, 11) is 0. The Hall–Kier alpha value is -2.04. The fourth-order valence-corrected chi connectivity index (χ4v) is 2.39. The first-order chi connectivity index (χ1) is 8.84. The maximum atomic E-state index is 12.0. The second-order valence-electron chi connectivity index (χ2n) is 5.44. The van der Waals surface area contributed by atoms with Crippen LogP contribution >= 0.6 is 0 Å². The van der Waals surface area contributed by atoms with E-state index >= 15 is 0 Å². The van der Waals surface area contributed by atoms with Gasteiger partial charge < -0.3 is 5.73 Å². The van der Waals surface area contributed by atoms with E-state index in [0.717, 1.165) is 11.1 Å². The minimum atomic E-state index is -0.350. The standard InChI is InChI=1S/C14H19N3O2/c1-6(2)8-5-9(7(3)4)12(15)11-10(8)13(18)16-17-14(11)19/h5-7H,15H2,1-4H3,(H,16,18)(H,17,19). The molecule has 1 aromatic heterocycles. The van der Waals surface area contributed by atoms with Gasteiger partial charge in [-0.1, -0.05) is 33.8 Å². The molecule has 2 aromatic rings. The van der Waals surface area contributed by atoms with Gasteiger partial charge in [-0.15, -0.1) is 0 Å². The lowest BCUT2D eigenvalue weighted by molar-refractivity contribution is 0.840. The number of hydrogen-bond donors (Lipinski definition) is 3. The van der Waals surface area contributed by atoms with Crippen LogP contribution in [0, 0.1) is 0 Å². The summed E-state index contributed by atoms with van der Waals surface area (Å²) in [5, 5.41) is 5.42. The van der Waals surface area contributed by atoms with Crippen LogP contribution < -0.4 is 16.9 Å². The largest absolute Gasteiger partial charge is 0.398 e. The number of nitrogen functional groups attached to an aromatic ring is 1. The number of aromatic nitrogens is 2. The van der Waals surface area contributed by atoms with E-state index in [1.165, 1.54) is 0 Å². The third kappa shape index (κ3) is 2.05. The fourth-order valence-electron chi connectivity index (χ4n) is 2.39. The molecule has 0 fully saturated rings. The summed E-state index contributed by atoms with van der Waals surface area (Å²) in [6.45, 7) is 8.03. The molecule has 0 aliphatic carbocycles. The molecule has 0 saturated carbocycles. The van der Waals surface area contributed by atoms with E-state index in [1.54, 1.807) is 0 Å². The average molecular weight is 261 g/mol. The van der Waals surface area contributed by atoms with Crippen molar-refractivity contribution >= 4 is 16.5 Å². The number of benzene rings is 1.